The van der Waals surface area contributed by atoms with Crippen LogP contribution in [-0.2, 0) is 0 Å². The first kappa shape index (κ1) is 9.02. The molecule has 4 nitrogen and oxygen atoms in total. The molecule has 0 bridgehead atoms. The molecule has 0 spiro atoms. The van der Waals surface area contributed by atoms with Crippen molar-refractivity contribution in [1.29, 1.82) is 0 Å². The van der Waals surface area contributed by atoms with Crippen LogP contribution in [0.2, 0.25) is 5.15 Å². The van der Waals surface area contributed by atoms with Gasteiger partial charge in [-0.25, -0.2) is 9.78 Å². The zero-order chi connectivity index (χ0) is 10.3. The summed E-state index contributed by atoms with van der Waals surface area (Å²) in [6.45, 7) is 1.82. The van der Waals surface area contributed by atoms with Gasteiger partial charge in [0.1, 0.15) is 0 Å². The molecular formula is C9H7ClN2O2. The third-order valence-corrected chi connectivity index (χ3v) is 2.38. The van der Waals surface area contributed by atoms with Crippen LogP contribution in [0.25, 0.3) is 10.9 Å². The number of aromatic nitrogens is 2. The molecule has 14 heavy (non-hydrogen) atoms. The highest BCUT2D eigenvalue weighted by molar-refractivity contribution is 6.34. The second kappa shape index (κ2) is 2.99. The second-order valence-corrected chi connectivity index (χ2v) is 3.35. The number of carbonyl (C=O) groups is 1. The van der Waals surface area contributed by atoms with E-state index in [2.05, 4.69) is 9.97 Å². The van der Waals surface area contributed by atoms with Crippen molar-refractivity contribution in [3.63, 3.8) is 0 Å². The molecule has 0 aliphatic carbocycles. The molecule has 0 saturated carbocycles. The Bertz CT molecular complexity index is 519. The van der Waals surface area contributed by atoms with E-state index < -0.39 is 5.97 Å². The van der Waals surface area contributed by atoms with Gasteiger partial charge in [-0.1, -0.05) is 11.6 Å². The number of rotatable bonds is 1. The Kier molecular flexibility index (Phi) is 1.93. The average Bonchev–Trinajstić information content (AvgIpc) is 2.50. The van der Waals surface area contributed by atoms with Crippen molar-refractivity contribution in [3.05, 3.63) is 28.7 Å². The van der Waals surface area contributed by atoms with Gasteiger partial charge < -0.3 is 10.1 Å². The van der Waals surface area contributed by atoms with Gasteiger partial charge in [-0.2, -0.15) is 0 Å². The summed E-state index contributed by atoms with van der Waals surface area (Å²) in [7, 11) is 0. The topological polar surface area (TPSA) is 66.0 Å². The van der Waals surface area contributed by atoms with E-state index >= 15 is 0 Å². The Morgan fingerprint density at radius 2 is 2.36 bits per heavy atom. The largest absolute Gasteiger partial charge is 0.478 e. The molecule has 0 radical (unpaired) electrons. The lowest BCUT2D eigenvalue weighted by atomic mass is 10.1. The van der Waals surface area contributed by atoms with Gasteiger partial charge in [-0.05, 0) is 12.5 Å². The fourth-order valence-electron chi connectivity index (χ4n) is 1.44. The molecule has 2 heterocycles. The third kappa shape index (κ3) is 1.15. The standard InChI is InChI=1S/C9H7ClN2O2/c1-4-2-11-7-6(4)5(9(13)14)3-12-8(7)10/h2-3,11H,1H3,(H,13,14). The van der Waals surface area contributed by atoms with Crippen LogP contribution >= 0.6 is 11.6 Å². The van der Waals surface area contributed by atoms with Crippen molar-refractivity contribution in [1.82, 2.24) is 9.97 Å². The van der Waals surface area contributed by atoms with Crippen molar-refractivity contribution >= 4 is 28.5 Å². The fraction of sp³-hybridized carbons (Fsp3) is 0.111. The minimum absolute atomic E-state index is 0.170. The van der Waals surface area contributed by atoms with Crippen LogP contribution in [0.4, 0.5) is 0 Å². The number of carboxylic acid groups (broad SMARTS) is 1. The number of hydrogen-bond acceptors (Lipinski definition) is 2. The number of aromatic amines is 1. The van der Waals surface area contributed by atoms with E-state index in [1.54, 1.807) is 6.20 Å². The summed E-state index contributed by atoms with van der Waals surface area (Å²) in [6, 6.07) is 0. The predicted octanol–water partition coefficient (Wildman–Crippen LogP) is 2.22. The van der Waals surface area contributed by atoms with Gasteiger partial charge >= 0.3 is 5.97 Å². The number of hydrogen-bond donors (Lipinski definition) is 2. The number of aromatic carboxylic acids is 1. The number of aryl methyl sites for hydroxylation is 1. The van der Waals surface area contributed by atoms with Crippen molar-refractivity contribution in [2.45, 2.75) is 6.92 Å². The van der Waals surface area contributed by atoms with Gasteiger partial charge in [0.2, 0.25) is 0 Å². The molecule has 0 aliphatic rings. The van der Waals surface area contributed by atoms with Crippen molar-refractivity contribution < 1.29 is 9.90 Å². The molecule has 0 fully saturated rings. The van der Waals surface area contributed by atoms with E-state index in [4.69, 9.17) is 16.7 Å². The van der Waals surface area contributed by atoms with E-state index in [1.165, 1.54) is 6.20 Å². The zero-order valence-corrected chi connectivity index (χ0v) is 8.09. The maximum atomic E-state index is 10.9. The normalized spacial score (nSPS) is 10.7. The molecule has 5 heteroatoms. The van der Waals surface area contributed by atoms with Crippen LogP contribution < -0.4 is 0 Å². The monoisotopic (exact) mass is 210 g/mol. The number of nitrogens with zero attached hydrogens (tertiary/aromatic N) is 1. The number of pyridine rings is 1. The average molecular weight is 211 g/mol. The van der Waals surface area contributed by atoms with Gasteiger partial charge in [0, 0.05) is 17.8 Å². The van der Waals surface area contributed by atoms with Crippen LogP contribution in [0.5, 0.6) is 0 Å². The molecular weight excluding hydrogens is 204 g/mol. The van der Waals surface area contributed by atoms with Crippen molar-refractivity contribution in [2.24, 2.45) is 0 Å². The van der Waals surface area contributed by atoms with E-state index in [-0.39, 0.29) is 10.7 Å². The van der Waals surface area contributed by atoms with E-state index in [9.17, 15) is 4.79 Å². The summed E-state index contributed by atoms with van der Waals surface area (Å²) in [5, 5.41) is 9.83. The lowest BCUT2D eigenvalue weighted by Gasteiger charge is -1.99. The fourth-order valence-corrected chi connectivity index (χ4v) is 1.64. The van der Waals surface area contributed by atoms with Gasteiger partial charge in [0.15, 0.2) is 5.15 Å². The Hall–Kier alpha value is -1.55. The minimum atomic E-state index is -0.998. The lowest BCUT2D eigenvalue weighted by Crippen LogP contribution is -1.98. The van der Waals surface area contributed by atoms with Gasteiger partial charge in [0.25, 0.3) is 0 Å². The van der Waals surface area contributed by atoms with Crippen LogP contribution in [0.3, 0.4) is 0 Å². The van der Waals surface area contributed by atoms with Crippen LogP contribution in [-0.4, -0.2) is 21.0 Å². The quantitative estimate of drug-likeness (QED) is 0.710. The lowest BCUT2D eigenvalue weighted by molar-refractivity contribution is 0.0698. The molecule has 72 valence electrons. The number of H-pyrrole nitrogens is 1. The number of halogens is 1. The first-order valence-corrected chi connectivity index (χ1v) is 4.34. The van der Waals surface area contributed by atoms with Crippen LogP contribution in [0.1, 0.15) is 15.9 Å². The van der Waals surface area contributed by atoms with Gasteiger partial charge in [-0.3, -0.25) is 0 Å². The maximum absolute atomic E-state index is 10.9. The maximum Gasteiger partial charge on any atom is 0.337 e. The molecule has 2 aromatic rings. The molecule has 2 aromatic heterocycles. The highest BCUT2D eigenvalue weighted by Crippen LogP contribution is 2.26. The molecule has 0 aromatic carbocycles. The van der Waals surface area contributed by atoms with Gasteiger partial charge in [0.05, 0.1) is 11.1 Å². The Morgan fingerprint density at radius 3 is 3.00 bits per heavy atom. The predicted molar refractivity (Wildman–Crippen MR) is 52.8 cm³/mol. The van der Waals surface area contributed by atoms with E-state index in [0.717, 1.165) is 5.56 Å². The summed E-state index contributed by atoms with van der Waals surface area (Å²) < 4.78 is 0. The number of fused-ring (bicyclic) bond motifs is 1. The summed E-state index contributed by atoms with van der Waals surface area (Å²) >= 11 is 5.81. The SMILES string of the molecule is Cc1c[nH]c2c(Cl)ncc(C(=O)O)c12. The van der Waals surface area contributed by atoms with Crippen LogP contribution in [0, 0.1) is 6.92 Å². The van der Waals surface area contributed by atoms with E-state index in [0.29, 0.717) is 10.9 Å². The molecule has 2 rings (SSSR count). The van der Waals surface area contributed by atoms with Crippen molar-refractivity contribution in [2.75, 3.05) is 0 Å². The molecule has 2 N–H and O–H groups in total. The summed E-state index contributed by atoms with van der Waals surface area (Å²) in [5.41, 5.74) is 1.59. The number of nitrogens with one attached hydrogen (secondary N) is 1. The highest BCUT2D eigenvalue weighted by atomic mass is 35.5. The minimum Gasteiger partial charge on any atom is -0.478 e. The highest BCUT2D eigenvalue weighted by Gasteiger charge is 2.14. The van der Waals surface area contributed by atoms with E-state index in [1.807, 2.05) is 6.92 Å². The van der Waals surface area contributed by atoms with Crippen LogP contribution in [0.15, 0.2) is 12.4 Å². The third-order valence-electron chi connectivity index (χ3n) is 2.09. The first-order valence-electron chi connectivity index (χ1n) is 3.96. The summed E-state index contributed by atoms with van der Waals surface area (Å²) in [6.07, 6.45) is 2.98. The zero-order valence-electron chi connectivity index (χ0n) is 7.34. The summed E-state index contributed by atoms with van der Waals surface area (Å²) in [4.78, 5) is 17.6. The van der Waals surface area contributed by atoms with Crippen molar-refractivity contribution in [3.8, 4) is 0 Å². The summed E-state index contributed by atoms with van der Waals surface area (Å²) in [5.74, 6) is -0.998. The molecule has 0 saturated heterocycles. The van der Waals surface area contributed by atoms with Gasteiger partial charge in [-0.15, -0.1) is 0 Å². The Labute approximate surface area is 84.5 Å². The molecule has 0 aliphatic heterocycles. The second-order valence-electron chi connectivity index (χ2n) is 2.99. The Morgan fingerprint density at radius 1 is 1.64 bits per heavy atom. The molecule has 0 unspecified atom stereocenters. The first-order chi connectivity index (χ1) is 6.61. The number of carboxylic acids is 1. The smallest absolute Gasteiger partial charge is 0.337 e. The molecule has 0 atom stereocenters. The molecule has 0 amide bonds. The Balaban J connectivity index is 2.92.